The minimum Gasteiger partial charge on any atom is -0.359 e. The van der Waals surface area contributed by atoms with E-state index in [1.54, 1.807) is 0 Å². The SMILES string of the molecule is Cc1nc2ccc(C(=O)CCC3CCN(Cc4cc(-c5ccccc5)no4)CC3)cc2[nH]1. The van der Waals surface area contributed by atoms with E-state index in [1.165, 1.54) is 0 Å². The molecular weight excluding hydrogens is 400 g/mol. The summed E-state index contributed by atoms with van der Waals surface area (Å²) in [6, 6.07) is 17.9. The number of ketones is 1. The van der Waals surface area contributed by atoms with E-state index in [0.717, 1.165) is 78.3 Å². The van der Waals surface area contributed by atoms with Crippen LogP contribution < -0.4 is 0 Å². The van der Waals surface area contributed by atoms with Gasteiger partial charge in [-0.3, -0.25) is 9.69 Å². The summed E-state index contributed by atoms with van der Waals surface area (Å²) in [4.78, 5) is 22.7. The van der Waals surface area contributed by atoms with Crippen molar-refractivity contribution in [1.82, 2.24) is 20.0 Å². The molecular formula is C26H28N4O2. The number of nitrogens with zero attached hydrogens (tertiary/aromatic N) is 3. The Hall–Kier alpha value is -3.25. The van der Waals surface area contributed by atoms with Crippen LogP contribution in [0.15, 0.2) is 59.1 Å². The molecule has 0 spiro atoms. The van der Waals surface area contributed by atoms with Gasteiger partial charge in [-0.25, -0.2) is 4.98 Å². The van der Waals surface area contributed by atoms with Crippen molar-refractivity contribution >= 4 is 16.8 Å². The highest BCUT2D eigenvalue weighted by Gasteiger charge is 2.21. The molecule has 1 N–H and O–H groups in total. The summed E-state index contributed by atoms with van der Waals surface area (Å²) in [5.74, 6) is 2.60. The van der Waals surface area contributed by atoms with Crippen LogP contribution in [0.4, 0.5) is 0 Å². The summed E-state index contributed by atoms with van der Waals surface area (Å²) in [7, 11) is 0. The first-order valence-electron chi connectivity index (χ1n) is 11.4. The first-order valence-corrected chi connectivity index (χ1v) is 11.4. The Morgan fingerprint density at radius 2 is 1.94 bits per heavy atom. The van der Waals surface area contributed by atoms with E-state index in [2.05, 4.69) is 20.0 Å². The molecule has 6 heteroatoms. The monoisotopic (exact) mass is 428 g/mol. The van der Waals surface area contributed by atoms with Gasteiger partial charge in [0.05, 0.1) is 17.6 Å². The van der Waals surface area contributed by atoms with E-state index in [-0.39, 0.29) is 5.78 Å². The predicted octanol–water partition coefficient (Wildman–Crippen LogP) is 5.40. The number of carbonyl (C=O) groups excluding carboxylic acids is 1. The van der Waals surface area contributed by atoms with Crippen LogP contribution in [-0.2, 0) is 6.54 Å². The highest BCUT2D eigenvalue weighted by Crippen LogP contribution is 2.26. The molecule has 3 heterocycles. The third-order valence-corrected chi connectivity index (χ3v) is 6.42. The van der Waals surface area contributed by atoms with Crippen molar-refractivity contribution in [2.24, 2.45) is 5.92 Å². The maximum absolute atomic E-state index is 12.7. The third-order valence-electron chi connectivity index (χ3n) is 6.42. The molecule has 32 heavy (non-hydrogen) atoms. The van der Waals surface area contributed by atoms with Gasteiger partial charge in [0.25, 0.3) is 0 Å². The van der Waals surface area contributed by atoms with Gasteiger partial charge in [0.15, 0.2) is 11.5 Å². The number of nitrogens with one attached hydrogen (secondary N) is 1. The molecule has 0 saturated carbocycles. The molecule has 0 atom stereocenters. The number of rotatable bonds is 7. The number of H-pyrrole nitrogens is 1. The molecule has 1 aliphatic rings. The van der Waals surface area contributed by atoms with Gasteiger partial charge >= 0.3 is 0 Å². The minimum atomic E-state index is 0.219. The topological polar surface area (TPSA) is 75.0 Å². The van der Waals surface area contributed by atoms with Gasteiger partial charge in [-0.2, -0.15) is 0 Å². The molecule has 0 radical (unpaired) electrons. The summed E-state index contributed by atoms with van der Waals surface area (Å²) in [5, 5.41) is 4.22. The number of hydrogen-bond acceptors (Lipinski definition) is 5. The second kappa shape index (κ2) is 9.09. The molecule has 0 amide bonds. The van der Waals surface area contributed by atoms with Crippen molar-refractivity contribution in [2.45, 2.75) is 39.2 Å². The first-order chi connectivity index (χ1) is 15.6. The number of piperidine rings is 1. The fraction of sp³-hybridized carbons (Fsp3) is 0.346. The lowest BCUT2D eigenvalue weighted by atomic mass is 9.90. The maximum Gasteiger partial charge on any atom is 0.162 e. The maximum atomic E-state index is 12.7. The van der Waals surface area contributed by atoms with Crippen molar-refractivity contribution < 1.29 is 9.32 Å². The average Bonchev–Trinajstić information content (AvgIpc) is 3.44. The summed E-state index contributed by atoms with van der Waals surface area (Å²) in [5.41, 5.74) is 4.59. The Balaban J connectivity index is 1.09. The van der Waals surface area contributed by atoms with E-state index in [4.69, 9.17) is 4.52 Å². The molecule has 4 aromatic rings. The molecule has 164 valence electrons. The smallest absolute Gasteiger partial charge is 0.162 e. The molecule has 1 saturated heterocycles. The zero-order valence-electron chi connectivity index (χ0n) is 18.4. The lowest BCUT2D eigenvalue weighted by molar-refractivity contribution is 0.0959. The van der Waals surface area contributed by atoms with Gasteiger partial charge in [-0.15, -0.1) is 0 Å². The van der Waals surface area contributed by atoms with Gasteiger partial charge in [0.1, 0.15) is 11.5 Å². The summed E-state index contributed by atoms with van der Waals surface area (Å²) in [6.45, 7) is 4.77. The van der Waals surface area contributed by atoms with Crippen LogP contribution in [0.5, 0.6) is 0 Å². The van der Waals surface area contributed by atoms with Crippen molar-refractivity contribution in [3.05, 3.63) is 71.7 Å². The molecule has 1 fully saturated rings. The summed E-state index contributed by atoms with van der Waals surface area (Å²) < 4.78 is 5.57. The number of imidazole rings is 1. The number of fused-ring (bicyclic) bond motifs is 1. The van der Waals surface area contributed by atoms with Gasteiger partial charge in [-0.1, -0.05) is 35.5 Å². The Morgan fingerprint density at radius 1 is 1.12 bits per heavy atom. The number of carbonyl (C=O) groups is 1. The number of benzene rings is 2. The lowest BCUT2D eigenvalue weighted by Gasteiger charge is -2.31. The molecule has 0 aliphatic carbocycles. The fourth-order valence-electron chi connectivity index (χ4n) is 4.58. The third kappa shape index (κ3) is 4.65. The molecule has 2 aromatic heterocycles. The van der Waals surface area contributed by atoms with Crippen LogP contribution in [0.25, 0.3) is 22.3 Å². The number of aromatic amines is 1. The Morgan fingerprint density at radius 3 is 2.75 bits per heavy atom. The molecule has 6 nitrogen and oxygen atoms in total. The van der Waals surface area contributed by atoms with Crippen LogP contribution in [0.3, 0.4) is 0 Å². The van der Waals surface area contributed by atoms with E-state index in [0.29, 0.717) is 12.3 Å². The van der Waals surface area contributed by atoms with Crippen LogP contribution in [-0.4, -0.2) is 38.9 Å². The number of likely N-dealkylation sites (tertiary alicyclic amines) is 1. The standard InChI is InChI=1S/C26H28N4O2/c1-18-27-23-9-8-21(15-25(23)28-18)26(31)10-7-19-11-13-30(14-12-19)17-22-16-24(29-32-22)20-5-3-2-4-6-20/h2-6,8-9,15-16,19H,7,10-14,17H2,1H3,(H,27,28). The average molecular weight is 429 g/mol. The normalized spacial score (nSPS) is 15.4. The van der Waals surface area contributed by atoms with E-state index >= 15 is 0 Å². The van der Waals surface area contributed by atoms with Crippen molar-refractivity contribution in [3.8, 4) is 11.3 Å². The largest absolute Gasteiger partial charge is 0.359 e. The lowest BCUT2D eigenvalue weighted by Crippen LogP contribution is -2.33. The fourth-order valence-corrected chi connectivity index (χ4v) is 4.58. The van der Waals surface area contributed by atoms with Gasteiger partial charge in [0, 0.05) is 23.6 Å². The van der Waals surface area contributed by atoms with Crippen molar-refractivity contribution in [3.63, 3.8) is 0 Å². The highest BCUT2D eigenvalue weighted by atomic mass is 16.5. The highest BCUT2D eigenvalue weighted by molar-refractivity contribution is 5.98. The second-order valence-electron chi connectivity index (χ2n) is 8.78. The molecule has 5 rings (SSSR count). The number of Topliss-reactive ketones (excluding diaryl/α,β-unsaturated/α-hetero) is 1. The number of hydrogen-bond donors (Lipinski definition) is 1. The molecule has 2 aromatic carbocycles. The number of aryl methyl sites for hydroxylation is 1. The van der Waals surface area contributed by atoms with Crippen LogP contribution in [0, 0.1) is 12.8 Å². The predicted molar refractivity (Wildman–Crippen MR) is 124 cm³/mol. The zero-order chi connectivity index (χ0) is 21.9. The van der Waals surface area contributed by atoms with Gasteiger partial charge < -0.3 is 9.51 Å². The molecule has 0 bridgehead atoms. The van der Waals surface area contributed by atoms with Crippen LogP contribution in [0.2, 0.25) is 0 Å². The number of aromatic nitrogens is 3. The van der Waals surface area contributed by atoms with E-state index in [1.807, 2.05) is 61.5 Å². The second-order valence-corrected chi connectivity index (χ2v) is 8.78. The quantitative estimate of drug-likeness (QED) is 0.399. The molecule has 0 unspecified atom stereocenters. The summed E-state index contributed by atoms with van der Waals surface area (Å²) in [6.07, 6.45) is 3.79. The van der Waals surface area contributed by atoms with Gasteiger partial charge in [-0.05, 0) is 63.4 Å². The summed E-state index contributed by atoms with van der Waals surface area (Å²) >= 11 is 0. The van der Waals surface area contributed by atoms with Gasteiger partial charge in [0.2, 0.25) is 0 Å². The van der Waals surface area contributed by atoms with Crippen LogP contribution >= 0.6 is 0 Å². The minimum absolute atomic E-state index is 0.219. The van der Waals surface area contributed by atoms with Crippen molar-refractivity contribution in [1.29, 1.82) is 0 Å². The van der Waals surface area contributed by atoms with Crippen LogP contribution in [0.1, 0.15) is 47.6 Å². The Kier molecular flexibility index (Phi) is 5.86. The Bertz CT molecular complexity index is 1200. The van der Waals surface area contributed by atoms with E-state index in [9.17, 15) is 4.79 Å². The van der Waals surface area contributed by atoms with Crippen molar-refractivity contribution in [2.75, 3.05) is 13.1 Å². The molecule has 1 aliphatic heterocycles. The Labute approximate surface area is 187 Å². The first kappa shape index (κ1) is 20.6. The zero-order valence-corrected chi connectivity index (χ0v) is 18.4. The van der Waals surface area contributed by atoms with E-state index < -0.39 is 0 Å².